The molecule has 0 heterocycles. The van der Waals surface area contributed by atoms with Gasteiger partial charge in [-0.15, -0.1) is 25.3 Å². The Labute approximate surface area is 128 Å². The number of carbonyl (C=O) groups is 3. The fraction of sp³-hybridized carbons (Fsp3) is 0.667. The Morgan fingerprint density at radius 2 is 0.833 bits per heavy atom. The highest BCUT2D eigenvalue weighted by Crippen LogP contribution is 1.66. The smallest absolute Gasteiger partial charge is 0.300 e. The van der Waals surface area contributed by atoms with Crippen LogP contribution in [0.4, 0.5) is 0 Å². The van der Waals surface area contributed by atoms with Crippen molar-refractivity contribution in [2.24, 2.45) is 0 Å². The number of hydrogen-bond acceptors (Lipinski definition) is 4. The number of aliphatic hydroxyl groups excluding tert-OH is 1. The molecule has 0 aromatic carbocycles. The Kier molecular flexibility index (Phi) is 158. The summed E-state index contributed by atoms with van der Waals surface area (Å²) in [5.41, 5.74) is 0. The van der Waals surface area contributed by atoms with Gasteiger partial charge in [0.2, 0.25) is 0 Å². The minimum atomic E-state index is -0.833. The number of aliphatic hydroxyl groups is 1. The van der Waals surface area contributed by atoms with Gasteiger partial charge in [0.05, 0.1) is 0 Å². The van der Waals surface area contributed by atoms with Crippen LogP contribution < -0.4 is 0 Å². The van der Waals surface area contributed by atoms with Gasteiger partial charge in [0.25, 0.3) is 5.97 Å². The van der Waals surface area contributed by atoms with Crippen molar-refractivity contribution >= 4 is 55.0 Å². The van der Waals surface area contributed by atoms with E-state index in [1.54, 1.807) is 0 Å². The molecular formula is C9H28O6S3. The van der Waals surface area contributed by atoms with Crippen molar-refractivity contribution in [1.82, 2.24) is 0 Å². The number of thiol groups is 2. The number of carboxylic acids is 1. The van der Waals surface area contributed by atoms with Crippen LogP contribution in [0.15, 0.2) is 0 Å². The maximum Gasteiger partial charge on any atom is 0.300 e. The van der Waals surface area contributed by atoms with E-state index < -0.39 is 5.97 Å². The zero-order valence-electron chi connectivity index (χ0n) is 9.51. The third-order valence-corrected chi connectivity index (χ3v) is 0. The number of rotatable bonds is 0. The van der Waals surface area contributed by atoms with E-state index in [0.29, 0.717) is 0 Å². The van der Waals surface area contributed by atoms with Gasteiger partial charge in [-0.2, -0.15) is 13.5 Å². The van der Waals surface area contributed by atoms with Gasteiger partial charge in [0.1, 0.15) is 0 Å². The van der Waals surface area contributed by atoms with E-state index in [-0.39, 0.29) is 44.1 Å². The van der Waals surface area contributed by atoms with Crippen LogP contribution in [0, 0.1) is 0 Å². The van der Waals surface area contributed by atoms with Crippen LogP contribution in [0.5, 0.6) is 0 Å². The van der Waals surface area contributed by atoms with Gasteiger partial charge in [-0.3, -0.25) is 14.4 Å². The van der Waals surface area contributed by atoms with Crippen molar-refractivity contribution in [2.75, 3.05) is 7.11 Å². The first-order chi connectivity index (χ1) is 6.20. The Balaban J connectivity index is -0.0000000118. The molecule has 0 radical (unpaired) electrons. The molecular weight excluding hydrogens is 300 g/mol. The standard InChI is InChI=1S/C2H4O2.2C2H4OS.CH4O.2CH4.H2O.H2S/c3*1-2(3)4;1-2;;;;/h3*1H3,(H,3,4);2H,1H3;2*1H4;2*1H2. The summed E-state index contributed by atoms with van der Waals surface area (Å²) >= 11 is 6.65. The molecule has 9 heteroatoms. The summed E-state index contributed by atoms with van der Waals surface area (Å²) in [6.45, 7) is 3.87. The van der Waals surface area contributed by atoms with Crippen LogP contribution in [-0.2, 0) is 14.4 Å². The summed E-state index contributed by atoms with van der Waals surface area (Å²) in [5.74, 6) is -0.833. The van der Waals surface area contributed by atoms with Crippen LogP contribution in [0.25, 0.3) is 0 Å². The van der Waals surface area contributed by atoms with Crippen molar-refractivity contribution in [3.63, 3.8) is 0 Å². The number of carbonyl (C=O) groups excluding carboxylic acids is 2. The van der Waals surface area contributed by atoms with E-state index in [0.717, 1.165) is 14.0 Å². The Bertz CT molecular complexity index is 124. The van der Waals surface area contributed by atoms with Crippen LogP contribution >= 0.6 is 38.8 Å². The van der Waals surface area contributed by atoms with Gasteiger partial charge in [0, 0.05) is 27.9 Å². The lowest BCUT2D eigenvalue weighted by atomic mass is 10.9. The molecule has 0 unspecified atom stereocenters. The molecule has 0 aliphatic heterocycles. The molecule has 0 fully saturated rings. The Hall–Kier alpha value is -0.220. The van der Waals surface area contributed by atoms with E-state index >= 15 is 0 Å². The van der Waals surface area contributed by atoms with Crippen molar-refractivity contribution in [1.29, 1.82) is 0 Å². The molecule has 4 N–H and O–H groups in total. The summed E-state index contributed by atoms with van der Waals surface area (Å²) in [4.78, 5) is 27.6. The second-order valence-corrected chi connectivity index (χ2v) is 2.82. The first-order valence-electron chi connectivity index (χ1n) is 3.23. The predicted molar refractivity (Wildman–Crippen MR) is 88.2 cm³/mol. The summed E-state index contributed by atoms with van der Waals surface area (Å²) in [5, 5.41) is 14.1. The lowest BCUT2D eigenvalue weighted by molar-refractivity contribution is -0.134. The van der Waals surface area contributed by atoms with E-state index in [1.165, 1.54) is 13.8 Å². The molecule has 0 aliphatic carbocycles. The third-order valence-electron chi connectivity index (χ3n) is 0. The highest BCUT2D eigenvalue weighted by molar-refractivity contribution is 7.96. The average Bonchev–Trinajstić information content (AvgIpc) is 1.86. The summed E-state index contributed by atoms with van der Waals surface area (Å²) in [6, 6.07) is 0. The SMILES string of the molecule is C.C.CC(=O)O.CC(=O)S.CC(=O)S.CO.O.S. The molecule has 0 aromatic heterocycles. The van der Waals surface area contributed by atoms with E-state index in [4.69, 9.17) is 15.0 Å². The number of hydrogen-bond donors (Lipinski definition) is 4. The lowest BCUT2D eigenvalue weighted by Crippen LogP contribution is -1.78. The summed E-state index contributed by atoms with van der Waals surface area (Å²) < 4.78 is 0. The molecule has 0 aliphatic rings. The Morgan fingerprint density at radius 3 is 0.833 bits per heavy atom. The van der Waals surface area contributed by atoms with Crippen LogP contribution in [-0.4, -0.2) is 39.0 Å². The van der Waals surface area contributed by atoms with Crippen molar-refractivity contribution in [3.05, 3.63) is 0 Å². The summed E-state index contributed by atoms with van der Waals surface area (Å²) in [6.07, 6.45) is 0. The predicted octanol–water partition coefficient (Wildman–Crippen LogP) is 1.19. The first kappa shape index (κ1) is 52.3. The molecule has 118 valence electrons. The van der Waals surface area contributed by atoms with Gasteiger partial charge < -0.3 is 15.7 Å². The minimum Gasteiger partial charge on any atom is -0.481 e. The Morgan fingerprint density at radius 1 is 0.833 bits per heavy atom. The molecule has 18 heavy (non-hydrogen) atoms. The van der Waals surface area contributed by atoms with Gasteiger partial charge in [-0.1, -0.05) is 14.9 Å². The monoisotopic (exact) mass is 328 g/mol. The molecule has 0 atom stereocenters. The zero-order valence-corrected chi connectivity index (χ0v) is 12.3. The topological polar surface area (TPSA) is 123 Å². The molecule has 0 spiro atoms. The van der Waals surface area contributed by atoms with E-state index in [2.05, 4.69) is 25.3 Å². The van der Waals surface area contributed by atoms with Gasteiger partial charge in [0.15, 0.2) is 10.2 Å². The molecule has 6 nitrogen and oxygen atoms in total. The molecule has 0 saturated heterocycles. The maximum atomic E-state index is 9.31. The van der Waals surface area contributed by atoms with Gasteiger partial charge >= 0.3 is 0 Å². The number of aliphatic carboxylic acids is 1. The molecule has 0 bridgehead atoms. The summed E-state index contributed by atoms with van der Waals surface area (Å²) in [7, 11) is 1.00. The second-order valence-electron chi connectivity index (χ2n) is 1.56. The van der Waals surface area contributed by atoms with Gasteiger partial charge in [-0.25, -0.2) is 0 Å². The van der Waals surface area contributed by atoms with E-state index in [9.17, 15) is 9.59 Å². The van der Waals surface area contributed by atoms with Crippen LogP contribution in [0.3, 0.4) is 0 Å². The first-order valence-corrected chi connectivity index (χ1v) is 4.12. The average molecular weight is 329 g/mol. The number of carboxylic acid groups (broad SMARTS) is 1. The normalized spacial score (nSPS) is 4.61. The quantitative estimate of drug-likeness (QED) is 0.497. The van der Waals surface area contributed by atoms with Crippen molar-refractivity contribution in [2.45, 2.75) is 35.6 Å². The highest BCUT2D eigenvalue weighted by atomic mass is 32.1. The fourth-order valence-corrected chi connectivity index (χ4v) is 0. The highest BCUT2D eigenvalue weighted by Gasteiger charge is 1.65. The fourth-order valence-electron chi connectivity index (χ4n) is 0. The van der Waals surface area contributed by atoms with Crippen LogP contribution in [0.2, 0.25) is 0 Å². The minimum absolute atomic E-state index is 0. The largest absolute Gasteiger partial charge is 0.481 e. The molecule has 0 rings (SSSR count). The van der Waals surface area contributed by atoms with E-state index in [1.807, 2.05) is 0 Å². The van der Waals surface area contributed by atoms with Crippen LogP contribution in [0.1, 0.15) is 35.6 Å². The third kappa shape index (κ3) is 71200. The zero-order chi connectivity index (χ0) is 12.7. The maximum absolute atomic E-state index is 9.31. The lowest BCUT2D eigenvalue weighted by Gasteiger charge is -1.59. The van der Waals surface area contributed by atoms with Crippen molar-refractivity contribution < 1.29 is 30.1 Å². The van der Waals surface area contributed by atoms with Gasteiger partial charge in [-0.05, 0) is 0 Å². The molecule has 0 aromatic rings. The second kappa shape index (κ2) is 54.2. The van der Waals surface area contributed by atoms with Crippen molar-refractivity contribution in [3.8, 4) is 0 Å². The molecule has 0 saturated carbocycles. The molecule has 0 amide bonds.